The molecule has 1 rings (SSSR count). The van der Waals surface area contributed by atoms with Gasteiger partial charge in [0.2, 0.25) is 0 Å². The predicted molar refractivity (Wildman–Crippen MR) is 57.0 cm³/mol. The van der Waals surface area contributed by atoms with Crippen molar-refractivity contribution in [3.8, 4) is 0 Å². The maximum absolute atomic E-state index is 11.2. The standard InChI is InChI=1S/C11H16O5/c1-7(2)11(14)16-6-8-5-10(13)9(12)3-4-15-8/h3,5,7-8,12-13H,4,6H2,1-2H3. The fourth-order valence-corrected chi connectivity index (χ4v) is 1.09. The molecule has 0 aliphatic carbocycles. The molecule has 1 unspecified atom stereocenters. The molecule has 0 bridgehead atoms. The normalized spacial score (nSPS) is 21.1. The van der Waals surface area contributed by atoms with Crippen LogP contribution in [0.4, 0.5) is 0 Å². The van der Waals surface area contributed by atoms with Crippen LogP contribution in [0.25, 0.3) is 0 Å². The van der Waals surface area contributed by atoms with E-state index in [1.54, 1.807) is 13.8 Å². The van der Waals surface area contributed by atoms with Gasteiger partial charge in [-0.25, -0.2) is 0 Å². The minimum atomic E-state index is -0.538. The molecule has 5 nitrogen and oxygen atoms in total. The summed E-state index contributed by atoms with van der Waals surface area (Å²) in [4.78, 5) is 11.2. The lowest BCUT2D eigenvalue weighted by atomic mass is 10.2. The summed E-state index contributed by atoms with van der Waals surface area (Å²) in [6.45, 7) is 3.66. The summed E-state index contributed by atoms with van der Waals surface area (Å²) in [5.41, 5.74) is 0. The van der Waals surface area contributed by atoms with Crippen LogP contribution in [-0.4, -0.2) is 35.5 Å². The number of carbonyl (C=O) groups is 1. The molecule has 1 aliphatic heterocycles. The first-order valence-electron chi connectivity index (χ1n) is 5.09. The molecule has 0 spiro atoms. The van der Waals surface area contributed by atoms with Crippen LogP contribution in [0.3, 0.4) is 0 Å². The van der Waals surface area contributed by atoms with Crippen LogP contribution < -0.4 is 0 Å². The lowest BCUT2D eigenvalue weighted by Gasteiger charge is -2.13. The largest absolute Gasteiger partial charge is 0.504 e. The fourth-order valence-electron chi connectivity index (χ4n) is 1.09. The second-order valence-electron chi connectivity index (χ2n) is 3.80. The van der Waals surface area contributed by atoms with Crippen LogP contribution >= 0.6 is 0 Å². The molecule has 0 aromatic rings. The second-order valence-corrected chi connectivity index (χ2v) is 3.80. The lowest BCUT2D eigenvalue weighted by molar-refractivity contribution is -0.150. The molecule has 90 valence electrons. The number of rotatable bonds is 3. The third-order valence-electron chi connectivity index (χ3n) is 2.05. The first kappa shape index (κ1) is 12.6. The number of hydrogen-bond acceptors (Lipinski definition) is 5. The zero-order valence-corrected chi connectivity index (χ0v) is 9.34. The maximum Gasteiger partial charge on any atom is 0.308 e. The zero-order valence-electron chi connectivity index (χ0n) is 9.34. The van der Waals surface area contributed by atoms with E-state index in [1.165, 1.54) is 12.2 Å². The van der Waals surface area contributed by atoms with Crippen molar-refractivity contribution >= 4 is 5.97 Å². The molecule has 1 atom stereocenters. The van der Waals surface area contributed by atoms with Crippen LogP contribution in [0.1, 0.15) is 13.8 Å². The summed E-state index contributed by atoms with van der Waals surface area (Å²) in [7, 11) is 0. The number of esters is 1. The van der Waals surface area contributed by atoms with Crippen molar-refractivity contribution in [1.82, 2.24) is 0 Å². The molecule has 0 aromatic heterocycles. The van der Waals surface area contributed by atoms with Crippen molar-refractivity contribution in [2.75, 3.05) is 13.2 Å². The summed E-state index contributed by atoms with van der Waals surface area (Å²) in [5, 5.41) is 18.5. The van der Waals surface area contributed by atoms with Gasteiger partial charge in [-0.1, -0.05) is 13.8 Å². The second kappa shape index (κ2) is 5.55. The molecular weight excluding hydrogens is 212 g/mol. The van der Waals surface area contributed by atoms with Crippen molar-refractivity contribution in [3.05, 3.63) is 23.7 Å². The number of aliphatic hydroxyl groups is 2. The number of ether oxygens (including phenoxy) is 2. The molecule has 0 saturated carbocycles. The van der Waals surface area contributed by atoms with Gasteiger partial charge < -0.3 is 19.7 Å². The Bertz CT molecular complexity index is 316. The van der Waals surface area contributed by atoms with Gasteiger partial charge in [0.15, 0.2) is 11.5 Å². The van der Waals surface area contributed by atoms with Gasteiger partial charge in [0.1, 0.15) is 12.7 Å². The van der Waals surface area contributed by atoms with Crippen LogP contribution in [0.5, 0.6) is 0 Å². The predicted octanol–water partition coefficient (Wildman–Crippen LogP) is 1.47. The molecule has 2 N–H and O–H groups in total. The van der Waals surface area contributed by atoms with E-state index < -0.39 is 6.10 Å². The number of hydrogen-bond donors (Lipinski definition) is 2. The van der Waals surface area contributed by atoms with Crippen LogP contribution in [-0.2, 0) is 14.3 Å². The van der Waals surface area contributed by atoms with E-state index in [0.29, 0.717) is 0 Å². The highest BCUT2D eigenvalue weighted by Gasteiger charge is 2.16. The van der Waals surface area contributed by atoms with Crippen LogP contribution in [0.2, 0.25) is 0 Å². The monoisotopic (exact) mass is 228 g/mol. The summed E-state index contributed by atoms with van der Waals surface area (Å²) in [6, 6.07) is 0. The van der Waals surface area contributed by atoms with Crippen molar-refractivity contribution < 1.29 is 24.5 Å². The Balaban J connectivity index is 2.48. The van der Waals surface area contributed by atoms with Gasteiger partial charge in [-0.2, -0.15) is 0 Å². The van der Waals surface area contributed by atoms with E-state index in [4.69, 9.17) is 9.47 Å². The molecule has 0 radical (unpaired) electrons. The minimum absolute atomic E-state index is 0.0300. The van der Waals surface area contributed by atoms with Gasteiger partial charge in [0.05, 0.1) is 12.5 Å². The first-order chi connectivity index (χ1) is 7.50. The minimum Gasteiger partial charge on any atom is -0.504 e. The highest BCUT2D eigenvalue weighted by Crippen LogP contribution is 2.11. The molecule has 5 heteroatoms. The summed E-state index contributed by atoms with van der Waals surface area (Å²) < 4.78 is 10.2. The number of aliphatic hydroxyl groups excluding tert-OH is 2. The van der Waals surface area contributed by atoms with E-state index in [9.17, 15) is 15.0 Å². The van der Waals surface area contributed by atoms with Gasteiger partial charge in [0.25, 0.3) is 0 Å². The Morgan fingerprint density at radius 3 is 2.88 bits per heavy atom. The van der Waals surface area contributed by atoms with E-state index >= 15 is 0 Å². The Morgan fingerprint density at radius 1 is 1.56 bits per heavy atom. The van der Waals surface area contributed by atoms with Gasteiger partial charge in [0, 0.05) is 0 Å². The van der Waals surface area contributed by atoms with Crippen LogP contribution in [0, 0.1) is 5.92 Å². The Kier molecular flexibility index (Phi) is 4.37. The third kappa shape index (κ3) is 3.58. The molecular formula is C11H16O5. The lowest BCUT2D eigenvalue weighted by Crippen LogP contribution is -2.22. The topological polar surface area (TPSA) is 76.0 Å². The van der Waals surface area contributed by atoms with Gasteiger partial charge in [-0.3, -0.25) is 4.79 Å². The maximum atomic E-state index is 11.2. The van der Waals surface area contributed by atoms with Gasteiger partial charge >= 0.3 is 5.97 Å². The first-order valence-corrected chi connectivity index (χ1v) is 5.09. The molecule has 16 heavy (non-hydrogen) atoms. The highest BCUT2D eigenvalue weighted by atomic mass is 16.6. The van der Waals surface area contributed by atoms with Gasteiger partial charge in [-0.15, -0.1) is 0 Å². The third-order valence-corrected chi connectivity index (χ3v) is 2.05. The van der Waals surface area contributed by atoms with Crippen LogP contribution in [0.15, 0.2) is 23.7 Å². The van der Waals surface area contributed by atoms with Crippen molar-refractivity contribution in [3.63, 3.8) is 0 Å². The van der Waals surface area contributed by atoms with Crippen molar-refractivity contribution in [2.24, 2.45) is 5.92 Å². The summed E-state index contributed by atoms with van der Waals surface area (Å²) >= 11 is 0. The van der Waals surface area contributed by atoms with Crippen molar-refractivity contribution in [2.45, 2.75) is 20.0 Å². The summed E-state index contributed by atoms with van der Waals surface area (Å²) in [5.74, 6) is -1.01. The molecule has 1 heterocycles. The summed E-state index contributed by atoms with van der Waals surface area (Å²) in [6.07, 6.45) is 2.12. The quantitative estimate of drug-likeness (QED) is 0.715. The molecule has 0 saturated heterocycles. The van der Waals surface area contributed by atoms with Gasteiger partial charge in [-0.05, 0) is 12.2 Å². The molecule has 0 amide bonds. The van der Waals surface area contributed by atoms with E-state index in [0.717, 1.165) is 0 Å². The average molecular weight is 228 g/mol. The van der Waals surface area contributed by atoms with Crippen molar-refractivity contribution in [1.29, 1.82) is 0 Å². The molecule has 1 aliphatic rings. The SMILES string of the molecule is CC(C)C(=O)OCC1C=C(O)C(O)=CCO1. The highest BCUT2D eigenvalue weighted by molar-refractivity contribution is 5.71. The molecule has 0 fully saturated rings. The Labute approximate surface area is 94.0 Å². The van der Waals surface area contributed by atoms with E-state index in [1.807, 2.05) is 0 Å². The van der Waals surface area contributed by atoms with E-state index in [-0.39, 0.29) is 36.6 Å². The Morgan fingerprint density at radius 2 is 2.25 bits per heavy atom. The average Bonchev–Trinajstić information content (AvgIpc) is 2.38. The smallest absolute Gasteiger partial charge is 0.308 e. The van der Waals surface area contributed by atoms with E-state index in [2.05, 4.69) is 0 Å². The zero-order chi connectivity index (χ0) is 12.1. The Hall–Kier alpha value is -1.49. The number of carbonyl (C=O) groups excluding carboxylic acids is 1. The molecule has 0 aromatic carbocycles. The fraction of sp³-hybridized carbons (Fsp3) is 0.545.